The summed E-state index contributed by atoms with van der Waals surface area (Å²) < 4.78 is 0. The van der Waals surface area contributed by atoms with Gasteiger partial charge in [-0.3, -0.25) is 9.78 Å². The van der Waals surface area contributed by atoms with Gasteiger partial charge in [-0.25, -0.2) is 14.7 Å². The van der Waals surface area contributed by atoms with Crippen molar-refractivity contribution in [1.82, 2.24) is 24.8 Å². The number of aryl methyl sites for hydroxylation is 1. The van der Waals surface area contributed by atoms with Gasteiger partial charge in [0.2, 0.25) is 11.9 Å². The van der Waals surface area contributed by atoms with E-state index in [-0.39, 0.29) is 18.0 Å². The average molecular weight is 499 g/mol. The largest absolute Gasteiger partial charge is 0.330 e. The van der Waals surface area contributed by atoms with Gasteiger partial charge in [0.1, 0.15) is 0 Å². The van der Waals surface area contributed by atoms with Gasteiger partial charge < -0.3 is 20.4 Å². The highest BCUT2D eigenvalue weighted by Crippen LogP contribution is 2.39. The van der Waals surface area contributed by atoms with E-state index >= 15 is 0 Å². The van der Waals surface area contributed by atoms with Gasteiger partial charge in [-0.15, -0.1) is 0 Å². The number of hydrogen-bond donors (Lipinski definition) is 2. The summed E-state index contributed by atoms with van der Waals surface area (Å²) >= 11 is 0. The molecule has 0 unspecified atom stereocenters. The molecule has 1 aliphatic carbocycles. The molecule has 3 aromatic rings. The SMILES string of the molecule is Cc1ccc(Nc2ncc3c(n2)N(c2cccc(NC(=O)/C=C/CN(C)C)c2)C(=O)N(C2CC2)C3)cn1. The Bertz CT molecular complexity index is 1330. The number of benzene rings is 1. The van der Waals surface area contributed by atoms with Gasteiger partial charge >= 0.3 is 6.03 Å². The molecule has 3 amide bonds. The minimum absolute atomic E-state index is 0.133. The molecule has 10 nitrogen and oxygen atoms in total. The first-order valence-electron chi connectivity index (χ1n) is 12.3. The fourth-order valence-corrected chi connectivity index (χ4v) is 4.09. The molecular weight excluding hydrogens is 468 g/mol. The lowest BCUT2D eigenvalue weighted by Crippen LogP contribution is -2.46. The van der Waals surface area contributed by atoms with Crippen LogP contribution in [0.4, 0.5) is 33.6 Å². The summed E-state index contributed by atoms with van der Waals surface area (Å²) in [7, 11) is 3.87. The van der Waals surface area contributed by atoms with Gasteiger partial charge in [0.15, 0.2) is 5.82 Å². The molecule has 37 heavy (non-hydrogen) atoms. The van der Waals surface area contributed by atoms with Gasteiger partial charge in [-0.1, -0.05) is 12.1 Å². The topological polar surface area (TPSA) is 107 Å². The van der Waals surface area contributed by atoms with Crippen LogP contribution in [0.15, 0.2) is 60.9 Å². The van der Waals surface area contributed by atoms with Crippen molar-refractivity contribution in [3.8, 4) is 0 Å². The molecule has 10 heteroatoms. The zero-order valence-electron chi connectivity index (χ0n) is 21.2. The lowest BCUT2D eigenvalue weighted by Gasteiger charge is -2.36. The van der Waals surface area contributed by atoms with Crippen molar-refractivity contribution in [2.24, 2.45) is 0 Å². The van der Waals surface area contributed by atoms with Gasteiger partial charge in [0.05, 0.1) is 24.1 Å². The first-order chi connectivity index (χ1) is 17.9. The van der Waals surface area contributed by atoms with Crippen molar-refractivity contribution in [1.29, 1.82) is 0 Å². The van der Waals surface area contributed by atoms with Crippen LogP contribution in [0.3, 0.4) is 0 Å². The highest BCUT2D eigenvalue weighted by Gasteiger charge is 2.41. The lowest BCUT2D eigenvalue weighted by atomic mass is 10.1. The number of pyridine rings is 1. The summed E-state index contributed by atoms with van der Waals surface area (Å²) in [5.41, 5.74) is 3.74. The Hall–Kier alpha value is -4.31. The van der Waals surface area contributed by atoms with Crippen molar-refractivity contribution in [3.05, 3.63) is 72.2 Å². The van der Waals surface area contributed by atoms with E-state index in [1.165, 1.54) is 6.08 Å². The maximum atomic E-state index is 13.7. The van der Waals surface area contributed by atoms with E-state index < -0.39 is 0 Å². The fraction of sp³-hybridized carbons (Fsp3) is 0.296. The Morgan fingerprint density at radius 2 is 1.97 bits per heavy atom. The summed E-state index contributed by atoms with van der Waals surface area (Å²) in [6.45, 7) is 3.05. The zero-order valence-corrected chi connectivity index (χ0v) is 21.2. The molecule has 3 heterocycles. The molecule has 1 aliphatic heterocycles. The average Bonchev–Trinajstić information content (AvgIpc) is 3.70. The van der Waals surface area contributed by atoms with Gasteiger partial charge in [0, 0.05) is 41.8 Å². The lowest BCUT2D eigenvalue weighted by molar-refractivity contribution is -0.111. The van der Waals surface area contributed by atoms with E-state index in [1.807, 2.05) is 55.1 Å². The van der Waals surface area contributed by atoms with E-state index in [4.69, 9.17) is 4.98 Å². The normalized spacial score (nSPS) is 15.3. The Kier molecular flexibility index (Phi) is 6.82. The number of fused-ring (bicyclic) bond motifs is 1. The number of likely N-dealkylation sites (N-methyl/N-ethyl adjacent to an activating group) is 1. The number of urea groups is 1. The third-order valence-electron chi connectivity index (χ3n) is 6.10. The number of nitrogens with one attached hydrogen (secondary N) is 2. The third kappa shape index (κ3) is 5.75. The van der Waals surface area contributed by atoms with Crippen molar-refractivity contribution >= 4 is 40.8 Å². The van der Waals surface area contributed by atoms with Gasteiger partial charge in [-0.2, -0.15) is 4.98 Å². The predicted molar refractivity (Wildman–Crippen MR) is 143 cm³/mol. The van der Waals surface area contributed by atoms with E-state index in [1.54, 1.807) is 35.5 Å². The van der Waals surface area contributed by atoms with Crippen molar-refractivity contribution in [2.45, 2.75) is 32.4 Å². The Labute approximate surface area is 216 Å². The van der Waals surface area contributed by atoms with E-state index in [2.05, 4.69) is 20.6 Å². The van der Waals surface area contributed by atoms with Crippen LogP contribution in [0.1, 0.15) is 24.1 Å². The quantitative estimate of drug-likeness (QED) is 0.448. The van der Waals surface area contributed by atoms with Crippen LogP contribution in [0.5, 0.6) is 0 Å². The molecule has 0 bridgehead atoms. The first kappa shape index (κ1) is 24.4. The summed E-state index contributed by atoms with van der Waals surface area (Å²) in [5.74, 6) is 0.663. The number of rotatable bonds is 8. The number of amides is 3. The summed E-state index contributed by atoms with van der Waals surface area (Å²) in [6.07, 6.45) is 8.77. The van der Waals surface area contributed by atoms with E-state index in [0.29, 0.717) is 36.2 Å². The molecule has 0 saturated heterocycles. The standard InChI is InChI=1S/C27H30N8O2/c1-18-9-10-21(16-28-18)31-26-29-15-19-17-34(22-11-12-22)27(37)35(25(19)32-26)23-7-4-6-20(14-23)30-24(36)8-5-13-33(2)3/h4-10,14-16,22H,11-13,17H2,1-3H3,(H,30,36)(H,29,31,32)/b8-5+. The highest BCUT2D eigenvalue weighted by molar-refractivity contribution is 6.03. The monoisotopic (exact) mass is 498 g/mol. The van der Waals surface area contributed by atoms with Gasteiger partial charge in [0.25, 0.3) is 0 Å². The zero-order chi connectivity index (χ0) is 25.9. The van der Waals surface area contributed by atoms with E-state index in [0.717, 1.165) is 29.8 Å². The predicted octanol–water partition coefficient (Wildman–Crippen LogP) is 4.22. The Morgan fingerprint density at radius 1 is 1.14 bits per heavy atom. The van der Waals surface area contributed by atoms with Crippen LogP contribution in [0, 0.1) is 6.92 Å². The van der Waals surface area contributed by atoms with Crippen molar-refractivity contribution in [3.63, 3.8) is 0 Å². The van der Waals surface area contributed by atoms with Gasteiger partial charge in [-0.05, 0) is 64.2 Å². The van der Waals surface area contributed by atoms with E-state index in [9.17, 15) is 9.59 Å². The molecule has 0 spiro atoms. The Balaban J connectivity index is 1.44. The highest BCUT2D eigenvalue weighted by atomic mass is 16.2. The molecular formula is C27H30N8O2. The number of anilines is 5. The molecule has 2 aliphatic rings. The van der Waals surface area contributed by atoms with Crippen LogP contribution in [-0.2, 0) is 11.3 Å². The van der Waals surface area contributed by atoms with Crippen molar-refractivity contribution < 1.29 is 9.59 Å². The van der Waals surface area contributed by atoms with Crippen LogP contribution < -0.4 is 15.5 Å². The molecule has 0 radical (unpaired) electrons. The number of hydrogen-bond acceptors (Lipinski definition) is 7. The summed E-state index contributed by atoms with van der Waals surface area (Å²) in [5, 5.41) is 6.06. The molecule has 2 aromatic heterocycles. The molecule has 2 N–H and O–H groups in total. The van der Waals surface area contributed by atoms with Crippen LogP contribution in [0.2, 0.25) is 0 Å². The van der Waals surface area contributed by atoms with Crippen LogP contribution >= 0.6 is 0 Å². The summed E-state index contributed by atoms with van der Waals surface area (Å²) in [4.78, 5) is 45.0. The molecule has 190 valence electrons. The molecule has 1 saturated carbocycles. The number of carbonyl (C=O) groups is 2. The third-order valence-corrected chi connectivity index (χ3v) is 6.10. The molecule has 5 rings (SSSR count). The minimum Gasteiger partial charge on any atom is -0.323 e. The van der Waals surface area contributed by atoms with Crippen molar-refractivity contribution in [2.75, 3.05) is 36.2 Å². The minimum atomic E-state index is -0.232. The smallest absolute Gasteiger partial charge is 0.323 e. The van der Waals surface area contributed by atoms with Crippen LogP contribution in [0.25, 0.3) is 0 Å². The first-order valence-corrected chi connectivity index (χ1v) is 12.3. The molecule has 1 aromatic carbocycles. The Morgan fingerprint density at radius 3 is 2.70 bits per heavy atom. The number of carbonyl (C=O) groups excluding carboxylic acids is 2. The maximum Gasteiger partial charge on any atom is 0.330 e. The molecule has 1 fully saturated rings. The maximum absolute atomic E-state index is 13.7. The second-order valence-corrected chi connectivity index (χ2v) is 9.54. The number of aromatic nitrogens is 3. The second kappa shape index (κ2) is 10.4. The number of nitrogens with zero attached hydrogens (tertiary/aromatic N) is 6. The second-order valence-electron chi connectivity index (χ2n) is 9.54. The summed E-state index contributed by atoms with van der Waals surface area (Å²) in [6, 6.07) is 11.1. The van der Waals surface area contributed by atoms with Crippen LogP contribution in [-0.4, -0.2) is 63.4 Å². The fourth-order valence-electron chi connectivity index (χ4n) is 4.09. The molecule has 0 atom stereocenters.